The second kappa shape index (κ2) is 13.1. The number of pyridine rings is 1. The van der Waals surface area contributed by atoms with Crippen LogP contribution in [0, 0.1) is 0 Å². The maximum Gasteiger partial charge on any atom is 0.373 e. The van der Waals surface area contributed by atoms with Crippen LogP contribution in [0.25, 0.3) is 17.3 Å². The highest BCUT2D eigenvalue weighted by Gasteiger charge is 2.13. The van der Waals surface area contributed by atoms with Gasteiger partial charge in [0.1, 0.15) is 5.82 Å². The maximum atomic E-state index is 12.4. The minimum Gasteiger partial charge on any atom is -0.487 e. The Morgan fingerprint density at radius 3 is 2.38 bits per heavy atom. The summed E-state index contributed by atoms with van der Waals surface area (Å²) in [6.45, 7) is 7.02. The van der Waals surface area contributed by atoms with Crippen molar-refractivity contribution in [1.29, 1.82) is 0 Å². The summed E-state index contributed by atoms with van der Waals surface area (Å²) in [5.74, 6) is 0.262. The molecule has 0 saturated carbocycles. The van der Waals surface area contributed by atoms with Crippen LogP contribution in [-0.4, -0.2) is 43.8 Å². The molecule has 7 heteroatoms. The summed E-state index contributed by atoms with van der Waals surface area (Å²) in [6, 6.07) is 13.0. The van der Waals surface area contributed by atoms with Crippen molar-refractivity contribution in [2.45, 2.75) is 40.0 Å². The van der Waals surface area contributed by atoms with Gasteiger partial charge in [-0.1, -0.05) is 50.1 Å². The maximum absolute atomic E-state index is 12.4. The Hall–Kier alpha value is -3.35. The van der Waals surface area contributed by atoms with E-state index in [0.717, 1.165) is 36.1 Å². The van der Waals surface area contributed by atoms with Gasteiger partial charge in [0, 0.05) is 19.2 Å². The molecule has 2 amide bonds. The molecule has 0 spiro atoms. The topological polar surface area (TPSA) is 80.8 Å². The minimum atomic E-state index is -0.483. The van der Waals surface area contributed by atoms with Crippen LogP contribution in [0.3, 0.4) is 0 Å². The second-order valence-corrected chi connectivity index (χ2v) is 7.16. The number of hydrogen-bond acceptors (Lipinski definition) is 5. The minimum absolute atomic E-state index is 0.173. The van der Waals surface area contributed by atoms with E-state index in [4.69, 9.17) is 9.47 Å². The van der Waals surface area contributed by atoms with Crippen molar-refractivity contribution in [1.82, 2.24) is 10.3 Å². The number of hydrogen-bond donors (Lipinski definition) is 1. The van der Waals surface area contributed by atoms with Crippen molar-refractivity contribution in [3.8, 4) is 11.3 Å². The van der Waals surface area contributed by atoms with E-state index in [1.807, 2.05) is 43.3 Å². The van der Waals surface area contributed by atoms with Gasteiger partial charge in [-0.05, 0) is 44.0 Å². The lowest BCUT2D eigenvalue weighted by Gasteiger charge is -2.18. The standard InChI is InChI=1S/C25H33N3O4/c1-5-8-9-17-26-25(30)28(4)23-12-10-11-21(27-23)20-15-13-19(14-16-20)18-22(31-6-2)24(29)32-7-3/h10-16,18H,5-9,17H2,1-4H3,(H,26,30). The lowest BCUT2D eigenvalue weighted by molar-refractivity contribution is -0.142. The molecule has 1 aromatic heterocycles. The summed E-state index contributed by atoms with van der Waals surface area (Å²) in [6.07, 6.45) is 4.83. The number of rotatable bonds is 11. The number of aromatic nitrogens is 1. The highest BCUT2D eigenvalue weighted by Crippen LogP contribution is 2.22. The number of carbonyl (C=O) groups excluding carboxylic acids is 2. The van der Waals surface area contributed by atoms with E-state index in [2.05, 4.69) is 17.2 Å². The van der Waals surface area contributed by atoms with E-state index in [0.29, 0.717) is 19.0 Å². The molecule has 2 rings (SSSR count). The van der Waals surface area contributed by atoms with Crippen molar-refractivity contribution in [2.75, 3.05) is 31.7 Å². The number of unbranched alkanes of at least 4 members (excludes halogenated alkanes) is 2. The largest absolute Gasteiger partial charge is 0.487 e. The number of nitrogens with one attached hydrogen (secondary N) is 1. The Balaban J connectivity index is 2.13. The number of anilines is 1. The average molecular weight is 440 g/mol. The molecule has 1 heterocycles. The van der Waals surface area contributed by atoms with Crippen LogP contribution >= 0.6 is 0 Å². The summed E-state index contributed by atoms with van der Waals surface area (Å²) in [5.41, 5.74) is 2.46. The first-order chi connectivity index (χ1) is 15.5. The third-order valence-electron chi connectivity index (χ3n) is 4.72. The molecule has 2 aromatic rings. The zero-order valence-corrected chi connectivity index (χ0v) is 19.4. The number of nitrogens with zero attached hydrogens (tertiary/aromatic N) is 2. The van der Waals surface area contributed by atoms with Crippen LogP contribution in [0.1, 0.15) is 45.6 Å². The van der Waals surface area contributed by atoms with E-state index in [1.54, 1.807) is 26.1 Å². The molecule has 0 aliphatic carbocycles. The van der Waals surface area contributed by atoms with Gasteiger partial charge < -0.3 is 14.8 Å². The van der Waals surface area contributed by atoms with Crippen molar-refractivity contribution in [2.24, 2.45) is 0 Å². The summed E-state index contributed by atoms with van der Waals surface area (Å²) < 4.78 is 10.4. The number of esters is 1. The fraction of sp³-hybridized carbons (Fsp3) is 0.400. The Bertz CT molecular complexity index is 910. The van der Waals surface area contributed by atoms with Gasteiger partial charge >= 0.3 is 12.0 Å². The molecule has 0 atom stereocenters. The highest BCUT2D eigenvalue weighted by atomic mass is 16.6. The van der Waals surface area contributed by atoms with Crippen LogP contribution in [-0.2, 0) is 14.3 Å². The number of amides is 2. The second-order valence-electron chi connectivity index (χ2n) is 7.16. The Morgan fingerprint density at radius 2 is 1.72 bits per heavy atom. The number of urea groups is 1. The molecule has 1 N–H and O–H groups in total. The predicted molar refractivity (Wildman–Crippen MR) is 127 cm³/mol. The Labute approximate surface area is 190 Å². The first-order valence-corrected chi connectivity index (χ1v) is 11.1. The molecule has 0 aliphatic heterocycles. The molecule has 0 bridgehead atoms. The molecule has 32 heavy (non-hydrogen) atoms. The third-order valence-corrected chi connectivity index (χ3v) is 4.72. The van der Waals surface area contributed by atoms with Gasteiger partial charge in [0.15, 0.2) is 0 Å². The first-order valence-electron chi connectivity index (χ1n) is 11.1. The van der Waals surface area contributed by atoms with Gasteiger partial charge in [-0.25, -0.2) is 14.6 Å². The van der Waals surface area contributed by atoms with Crippen molar-refractivity contribution < 1.29 is 19.1 Å². The summed E-state index contributed by atoms with van der Waals surface area (Å²) in [4.78, 5) is 30.5. The molecule has 0 radical (unpaired) electrons. The van der Waals surface area contributed by atoms with E-state index in [-0.39, 0.29) is 18.4 Å². The Morgan fingerprint density at radius 1 is 1.00 bits per heavy atom. The summed E-state index contributed by atoms with van der Waals surface area (Å²) in [5, 5.41) is 2.92. The van der Waals surface area contributed by atoms with Gasteiger partial charge in [0.05, 0.1) is 18.9 Å². The van der Waals surface area contributed by atoms with Crippen molar-refractivity contribution >= 4 is 23.9 Å². The van der Waals surface area contributed by atoms with E-state index < -0.39 is 5.97 Å². The summed E-state index contributed by atoms with van der Waals surface area (Å²) in [7, 11) is 1.71. The summed E-state index contributed by atoms with van der Waals surface area (Å²) >= 11 is 0. The van der Waals surface area contributed by atoms with Gasteiger partial charge in [-0.2, -0.15) is 0 Å². The molecule has 7 nitrogen and oxygen atoms in total. The van der Waals surface area contributed by atoms with Gasteiger partial charge in [-0.15, -0.1) is 0 Å². The van der Waals surface area contributed by atoms with Crippen molar-refractivity contribution in [3.63, 3.8) is 0 Å². The lowest BCUT2D eigenvalue weighted by Crippen LogP contribution is -2.38. The van der Waals surface area contributed by atoms with E-state index in [9.17, 15) is 9.59 Å². The molecule has 0 fully saturated rings. The molecular formula is C25H33N3O4. The molecule has 1 aromatic carbocycles. The number of benzene rings is 1. The van der Waals surface area contributed by atoms with Gasteiger partial charge in [0.25, 0.3) is 0 Å². The third kappa shape index (κ3) is 7.41. The van der Waals surface area contributed by atoms with Crippen LogP contribution in [0.4, 0.5) is 10.6 Å². The number of carbonyl (C=O) groups is 2. The monoisotopic (exact) mass is 439 g/mol. The highest BCUT2D eigenvalue weighted by molar-refractivity contribution is 5.92. The normalized spacial score (nSPS) is 11.1. The molecule has 0 aliphatic rings. The SMILES string of the molecule is CCCCCNC(=O)N(C)c1cccc(-c2ccc(C=C(OCC)C(=O)OCC)cc2)n1. The fourth-order valence-corrected chi connectivity index (χ4v) is 2.98. The van der Waals surface area contributed by atoms with Gasteiger partial charge in [-0.3, -0.25) is 4.90 Å². The Kier molecular flexibility index (Phi) is 10.2. The predicted octanol–water partition coefficient (Wildman–Crippen LogP) is 5.03. The van der Waals surface area contributed by atoms with E-state index >= 15 is 0 Å². The smallest absolute Gasteiger partial charge is 0.373 e. The average Bonchev–Trinajstić information content (AvgIpc) is 2.81. The molecule has 0 unspecified atom stereocenters. The molecular weight excluding hydrogens is 406 g/mol. The zero-order chi connectivity index (χ0) is 23.3. The fourth-order valence-electron chi connectivity index (χ4n) is 2.98. The van der Waals surface area contributed by atoms with Crippen LogP contribution < -0.4 is 10.2 Å². The molecule has 172 valence electrons. The van der Waals surface area contributed by atoms with E-state index in [1.165, 1.54) is 4.90 Å². The van der Waals surface area contributed by atoms with Crippen molar-refractivity contribution in [3.05, 3.63) is 53.8 Å². The zero-order valence-electron chi connectivity index (χ0n) is 19.4. The first kappa shape index (κ1) is 24.9. The van der Waals surface area contributed by atoms with Crippen LogP contribution in [0.5, 0.6) is 0 Å². The van der Waals surface area contributed by atoms with Gasteiger partial charge in [0.2, 0.25) is 5.76 Å². The quantitative estimate of drug-likeness (QED) is 0.230. The van der Waals surface area contributed by atoms with Crippen LogP contribution in [0.2, 0.25) is 0 Å². The number of ether oxygens (including phenoxy) is 2. The van der Waals surface area contributed by atoms with Crippen LogP contribution in [0.15, 0.2) is 48.2 Å². The lowest BCUT2D eigenvalue weighted by atomic mass is 10.1. The molecule has 0 saturated heterocycles.